The summed E-state index contributed by atoms with van der Waals surface area (Å²) < 4.78 is 1.54. The first kappa shape index (κ1) is 14.6. The number of carbonyl (C=O) groups excluding carboxylic acids is 2. The van der Waals surface area contributed by atoms with Crippen molar-refractivity contribution in [3.8, 4) is 0 Å². The van der Waals surface area contributed by atoms with Crippen LogP contribution in [0.25, 0.3) is 0 Å². The minimum absolute atomic E-state index is 0.0506. The fraction of sp³-hybridized carbons (Fsp3) is 0.643. The predicted molar refractivity (Wildman–Crippen MR) is 76.4 cm³/mol. The Morgan fingerprint density at radius 1 is 1.25 bits per heavy atom. The summed E-state index contributed by atoms with van der Waals surface area (Å²) in [6.45, 7) is 5.24. The van der Waals surface area contributed by atoms with Gasteiger partial charge in [0, 0.05) is 32.1 Å². The van der Waals surface area contributed by atoms with E-state index in [0.717, 1.165) is 25.9 Å². The molecular weight excluding hydrogens is 256 g/mol. The van der Waals surface area contributed by atoms with Gasteiger partial charge in [-0.1, -0.05) is 13.8 Å². The molecule has 2 rings (SSSR count). The second kappa shape index (κ2) is 6.07. The van der Waals surface area contributed by atoms with Gasteiger partial charge in [0.2, 0.25) is 5.91 Å². The van der Waals surface area contributed by atoms with Gasteiger partial charge in [0.05, 0.1) is 0 Å². The second-order valence-corrected chi connectivity index (χ2v) is 5.54. The molecule has 110 valence electrons. The van der Waals surface area contributed by atoms with E-state index in [4.69, 9.17) is 0 Å². The zero-order valence-corrected chi connectivity index (χ0v) is 12.3. The summed E-state index contributed by atoms with van der Waals surface area (Å²) in [5.74, 6) is 0.325. The van der Waals surface area contributed by atoms with E-state index in [1.54, 1.807) is 13.1 Å². The third-order valence-electron chi connectivity index (χ3n) is 3.52. The van der Waals surface area contributed by atoms with Crippen molar-refractivity contribution >= 4 is 17.6 Å². The van der Waals surface area contributed by atoms with E-state index in [0.29, 0.717) is 11.5 Å². The van der Waals surface area contributed by atoms with Gasteiger partial charge >= 0.3 is 0 Å². The molecule has 1 N–H and O–H groups in total. The van der Waals surface area contributed by atoms with Crippen LogP contribution in [-0.2, 0) is 11.8 Å². The number of aryl methyl sites for hydroxylation is 1. The fourth-order valence-corrected chi connectivity index (χ4v) is 2.22. The largest absolute Gasteiger partial charge is 0.337 e. The molecule has 0 unspecified atom stereocenters. The second-order valence-electron chi connectivity index (χ2n) is 5.54. The van der Waals surface area contributed by atoms with Gasteiger partial charge in [-0.3, -0.25) is 14.3 Å². The number of amides is 2. The number of nitrogens with zero attached hydrogens (tertiary/aromatic N) is 3. The molecule has 1 aromatic heterocycles. The lowest BCUT2D eigenvalue weighted by Crippen LogP contribution is -2.35. The molecule has 1 fully saturated rings. The summed E-state index contributed by atoms with van der Waals surface area (Å²) >= 11 is 0. The van der Waals surface area contributed by atoms with Crippen molar-refractivity contribution < 1.29 is 9.59 Å². The zero-order valence-electron chi connectivity index (χ0n) is 12.3. The van der Waals surface area contributed by atoms with Gasteiger partial charge in [-0.25, -0.2) is 0 Å². The van der Waals surface area contributed by atoms with Crippen molar-refractivity contribution in [3.05, 3.63) is 11.8 Å². The number of aromatic nitrogens is 2. The summed E-state index contributed by atoms with van der Waals surface area (Å²) in [5, 5.41) is 6.99. The number of hydrogen-bond acceptors (Lipinski definition) is 3. The van der Waals surface area contributed by atoms with Crippen molar-refractivity contribution in [2.24, 2.45) is 13.0 Å². The van der Waals surface area contributed by atoms with Crippen LogP contribution >= 0.6 is 0 Å². The standard InChI is InChI=1S/C14H22N4O2/c1-10(2)13(19)15-12-9-11(16-17(12)3)14(20)18-7-5-4-6-8-18/h9-10H,4-8H2,1-3H3,(H,15,19). The van der Waals surface area contributed by atoms with Crippen LogP contribution in [0.1, 0.15) is 43.6 Å². The summed E-state index contributed by atoms with van der Waals surface area (Å²) in [6, 6.07) is 1.65. The maximum absolute atomic E-state index is 12.3. The van der Waals surface area contributed by atoms with Crippen LogP contribution < -0.4 is 5.32 Å². The molecule has 2 amide bonds. The quantitative estimate of drug-likeness (QED) is 0.914. The molecule has 6 heteroatoms. The normalized spacial score (nSPS) is 15.5. The number of nitrogens with one attached hydrogen (secondary N) is 1. The van der Waals surface area contributed by atoms with E-state index in [-0.39, 0.29) is 17.7 Å². The lowest BCUT2D eigenvalue weighted by molar-refractivity contribution is -0.118. The third kappa shape index (κ3) is 3.18. The third-order valence-corrected chi connectivity index (χ3v) is 3.52. The molecule has 0 atom stereocenters. The lowest BCUT2D eigenvalue weighted by atomic mass is 10.1. The molecular formula is C14H22N4O2. The van der Waals surface area contributed by atoms with Crippen LogP contribution in [0, 0.1) is 5.92 Å². The Hall–Kier alpha value is -1.85. The summed E-state index contributed by atoms with van der Waals surface area (Å²) in [5.41, 5.74) is 0.397. The van der Waals surface area contributed by atoms with Gasteiger partial charge < -0.3 is 10.2 Å². The van der Waals surface area contributed by atoms with E-state index in [1.165, 1.54) is 11.1 Å². The smallest absolute Gasteiger partial charge is 0.274 e. The lowest BCUT2D eigenvalue weighted by Gasteiger charge is -2.25. The van der Waals surface area contributed by atoms with E-state index >= 15 is 0 Å². The van der Waals surface area contributed by atoms with Crippen molar-refractivity contribution in [1.29, 1.82) is 0 Å². The molecule has 0 saturated carbocycles. The fourth-order valence-electron chi connectivity index (χ4n) is 2.22. The Morgan fingerprint density at radius 3 is 2.50 bits per heavy atom. The summed E-state index contributed by atoms with van der Waals surface area (Å²) in [6.07, 6.45) is 3.28. The van der Waals surface area contributed by atoms with Crippen LogP contribution in [0.4, 0.5) is 5.82 Å². The Balaban J connectivity index is 2.09. The molecule has 1 aliphatic rings. The van der Waals surface area contributed by atoms with Crippen LogP contribution in [0.2, 0.25) is 0 Å². The maximum Gasteiger partial charge on any atom is 0.274 e. The SMILES string of the molecule is CC(C)C(=O)Nc1cc(C(=O)N2CCCCC2)nn1C. The first-order valence-electron chi connectivity index (χ1n) is 7.13. The first-order chi connectivity index (χ1) is 9.49. The number of likely N-dealkylation sites (tertiary alicyclic amines) is 1. The molecule has 0 aliphatic carbocycles. The molecule has 1 aromatic rings. The predicted octanol–water partition coefficient (Wildman–Crippen LogP) is 1.64. The van der Waals surface area contributed by atoms with Crippen molar-refractivity contribution in [3.63, 3.8) is 0 Å². The van der Waals surface area contributed by atoms with Crippen LogP contribution in [0.5, 0.6) is 0 Å². The number of anilines is 1. The van der Waals surface area contributed by atoms with E-state index in [9.17, 15) is 9.59 Å². The van der Waals surface area contributed by atoms with Gasteiger partial charge in [0.1, 0.15) is 5.82 Å². The maximum atomic E-state index is 12.3. The topological polar surface area (TPSA) is 67.2 Å². The van der Waals surface area contributed by atoms with Gasteiger partial charge in [-0.05, 0) is 19.3 Å². The van der Waals surface area contributed by atoms with Crippen molar-refractivity contribution in [2.75, 3.05) is 18.4 Å². The molecule has 6 nitrogen and oxygen atoms in total. The molecule has 20 heavy (non-hydrogen) atoms. The zero-order chi connectivity index (χ0) is 14.7. The Bertz CT molecular complexity index is 501. The summed E-state index contributed by atoms with van der Waals surface area (Å²) in [7, 11) is 1.73. The monoisotopic (exact) mass is 278 g/mol. The first-order valence-corrected chi connectivity index (χ1v) is 7.13. The highest BCUT2D eigenvalue weighted by atomic mass is 16.2. The van der Waals surface area contributed by atoms with Gasteiger partial charge in [0.15, 0.2) is 5.69 Å². The average molecular weight is 278 g/mol. The number of carbonyl (C=O) groups is 2. The molecule has 0 radical (unpaired) electrons. The minimum atomic E-state index is -0.105. The van der Waals surface area contributed by atoms with E-state index in [1.807, 2.05) is 18.7 Å². The molecule has 0 aromatic carbocycles. The van der Waals surface area contributed by atoms with Gasteiger partial charge in [-0.15, -0.1) is 0 Å². The van der Waals surface area contributed by atoms with E-state index in [2.05, 4.69) is 10.4 Å². The molecule has 1 saturated heterocycles. The number of piperidine rings is 1. The van der Waals surface area contributed by atoms with E-state index < -0.39 is 0 Å². The Morgan fingerprint density at radius 2 is 1.90 bits per heavy atom. The van der Waals surface area contributed by atoms with Crippen LogP contribution in [0.15, 0.2) is 6.07 Å². The molecule has 0 spiro atoms. The molecule has 0 bridgehead atoms. The highest BCUT2D eigenvalue weighted by Crippen LogP contribution is 2.16. The Kier molecular flexibility index (Phi) is 4.42. The van der Waals surface area contributed by atoms with Crippen LogP contribution in [-0.4, -0.2) is 39.6 Å². The average Bonchev–Trinajstić information content (AvgIpc) is 2.80. The van der Waals surface area contributed by atoms with Crippen LogP contribution in [0.3, 0.4) is 0 Å². The van der Waals surface area contributed by atoms with Gasteiger partial charge in [-0.2, -0.15) is 5.10 Å². The minimum Gasteiger partial charge on any atom is -0.337 e. The Labute approximate surface area is 119 Å². The molecule has 2 heterocycles. The number of rotatable bonds is 3. The van der Waals surface area contributed by atoms with Gasteiger partial charge in [0.25, 0.3) is 5.91 Å². The highest BCUT2D eigenvalue weighted by Gasteiger charge is 2.22. The number of hydrogen-bond donors (Lipinski definition) is 1. The highest BCUT2D eigenvalue weighted by molar-refractivity contribution is 5.95. The van der Waals surface area contributed by atoms with Crippen molar-refractivity contribution in [2.45, 2.75) is 33.1 Å². The molecule has 1 aliphatic heterocycles. The van der Waals surface area contributed by atoms with Crippen molar-refractivity contribution in [1.82, 2.24) is 14.7 Å². The summed E-state index contributed by atoms with van der Waals surface area (Å²) in [4.78, 5) is 25.9.